The van der Waals surface area contributed by atoms with Crippen molar-refractivity contribution in [2.75, 3.05) is 13.3 Å². The zero-order valence-electron chi connectivity index (χ0n) is 25.0. The first-order valence-electron chi connectivity index (χ1n) is 14.4. The van der Waals surface area contributed by atoms with E-state index in [1.54, 1.807) is 24.3 Å². The van der Waals surface area contributed by atoms with E-state index in [1.165, 1.54) is 21.7 Å². The molecule has 0 aliphatic heterocycles. The summed E-state index contributed by atoms with van der Waals surface area (Å²) in [6, 6.07) is 27.1. The Bertz CT molecular complexity index is 1600. The monoisotopic (exact) mass is 596 g/mol. The third-order valence-electron chi connectivity index (χ3n) is 8.39. The van der Waals surface area contributed by atoms with Gasteiger partial charge in [0.1, 0.15) is 6.10 Å². The second kappa shape index (κ2) is 12.9. The predicted molar refractivity (Wildman–Crippen MR) is 176 cm³/mol. The lowest BCUT2D eigenvalue weighted by Gasteiger charge is -2.43. The van der Waals surface area contributed by atoms with E-state index in [0.29, 0.717) is 28.3 Å². The van der Waals surface area contributed by atoms with Crippen LogP contribution in [0.3, 0.4) is 0 Å². The van der Waals surface area contributed by atoms with Crippen molar-refractivity contribution in [3.05, 3.63) is 129 Å². The molecule has 0 spiro atoms. The molecule has 4 aromatic rings. The van der Waals surface area contributed by atoms with E-state index in [9.17, 15) is 9.59 Å². The summed E-state index contributed by atoms with van der Waals surface area (Å²) in [5.41, 5.74) is 7.90. The van der Waals surface area contributed by atoms with Crippen LogP contribution in [0.25, 0.3) is 0 Å². The highest BCUT2D eigenvalue weighted by Crippen LogP contribution is 2.47. The number of rotatable bonds is 7. The van der Waals surface area contributed by atoms with Crippen LogP contribution in [0.15, 0.2) is 84.9 Å². The molecule has 5 unspecified atom stereocenters. The van der Waals surface area contributed by atoms with E-state index < -0.39 is 24.1 Å². The van der Waals surface area contributed by atoms with Crippen LogP contribution >= 0.6 is 17.2 Å². The number of hydrogen-bond acceptors (Lipinski definition) is 4. The van der Waals surface area contributed by atoms with Gasteiger partial charge in [-0.25, -0.2) is 9.59 Å². The predicted octanol–water partition coefficient (Wildman–Crippen LogP) is 7.18. The number of ether oxygens (including phenoxy) is 2. The van der Waals surface area contributed by atoms with Gasteiger partial charge >= 0.3 is 11.9 Å². The summed E-state index contributed by atoms with van der Waals surface area (Å²) in [6.45, 7) is 12.9. The molecule has 0 saturated carbocycles. The van der Waals surface area contributed by atoms with E-state index in [0.717, 1.165) is 22.3 Å². The summed E-state index contributed by atoms with van der Waals surface area (Å²) in [5.74, 6) is -1.34. The minimum Gasteiger partial charge on any atom is -0.454 e. The summed E-state index contributed by atoms with van der Waals surface area (Å²) in [7, 11) is 1.31. The fraction of sp³-hybridized carbons (Fsp3) is 0.278. The van der Waals surface area contributed by atoms with E-state index >= 15 is 0 Å². The van der Waals surface area contributed by atoms with Crippen LogP contribution in [0.2, 0.25) is 0 Å². The lowest BCUT2D eigenvalue weighted by molar-refractivity contribution is -0.0532. The number of fused-ring (bicyclic) bond motifs is 1. The molecule has 0 amide bonds. The van der Waals surface area contributed by atoms with Gasteiger partial charge < -0.3 is 9.47 Å². The Hall–Kier alpha value is -3.32. The van der Waals surface area contributed by atoms with Crippen molar-refractivity contribution in [2.45, 2.75) is 51.7 Å². The largest absolute Gasteiger partial charge is 0.454 e. The molecule has 0 heterocycles. The molecule has 0 N–H and O–H groups in total. The van der Waals surface area contributed by atoms with Gasteiger partial charge in [0.15, 0.2) is 6.10 Å². The van der Waals surface area contributed by atoms with Crippen LogP contribution in [0.5, 0.6) is 0 Å². The number of carbonyl (C=O) groups is 2. The molecule has 4 nitrogen and oxygen atoms in total. The molecular formula is C36H38O4P2. The minimum atomic E-state index is -0.725. The highest BCUT2D eigenvalue weighted by atomic mass is 31.1. The molecule has 0 radical (unpaired) electrons. The van der Waals surface area contributed by atoms with Crippen LogP contribution in [0.4, 0.5) is 0 Å². The Labute approximate surface area is 252 Å². The van der Waals surface area contributed by atoms with Crippen molar-refractivity contribution in [1.82, 2.24) is 0 Å². The van der Waals surface area contributed by atoms with Gasteiger partial charge in [-0.3, -0.25) is 0 Å². The average molecular weight is 597 g/mol. The molecule has 1 aliphatic carbocycles. The van der Waals surface area contributed by atoms with E-state index in [2.05, 4.69) is 65.3 Å². The van der Waals surface area contributed by atoms with E-state index in [-0.39, 0.29) is 11.8 Å². The molecule has 6 heteroatoms. The summed E-state index contributed by atoms with van der Waals surface area (Å²) in [4.78, 5) is 27.2. The maximum Gasteiger partial charge on any atom is 0.338 e. The second-order valence-electron chi connectivity index (χ2n) is 11.1. The number of esters is 2. The first-order chi connectivity index (χ1) is 20.2. The minimum absolute atomic E-state index is 0.191. The molecule has 4 aromatic carbocycles. The van der Waals surface area contributed by atoms with Crippen molar-refractivity contribution in [3.8, 4) is 0 Å². The van der Waals surface area contributed by atoms with Crippen molar-refractivity contribution in [1.29, 1.82) is 0 Å². The second-order valence-corrected chi connectivity index (χ2v) is 13.1. The third kappa shape index (κ3) is 5.94. The molecule has 216 valence electrons. The molecule has 0 aromatic heterocycles. The summed E-state index contributed by atoms with van der Waals surface area (Å²) in [5, 5.41) is 2.62. The number of benzene rings is 4. The fourth-order valence-corrected chi connectivity index (χ4v) is 7.73. The number of hydrogen-bond donors (Lipinski definition) is 0. The van der Waals surface area contributed by atoms with Crippen LogP contribution < -0.4 is 10.6 Å². The van der Waals surface area contributed by atoms with E-state index in [4.69, 9.17) is 9.47 Å². The van der Waals surface area contributed by atoms with Crippen LogP contribution in [0.1, 0.15) is 72.9 Å². The van der Waals surface area contributed by atoms with Crippen molar-refractivity contribution in [2.24, 2.45) is 0 Å². The topological polar surface area (TPSA) is 52.6 Å². The molecule has 0 bridgehead atoms. The Morgan fingerprint density at radius 2 is 1.07 bits per heavy atom. The lowest BCUT2D eigenvalue weighted by atomic mass is 9.69. The zero-order chi connectivity index (χ0) is 30.0. The first kappa shape index (κ1) is 30.1. The van der Waals surface area contributed by atoms with Crippen molar-refractivity contribution >= 4 is 39.7 Å². The smallest absolute Gasteiger partial charge is 0.338 e. The Balaban J connectivity index is 1.72. The van der Waals surface area contributed by atoms with Gasteiger partial charge in [0.25, 0.3) is 0 Å². The molecule has 1 aliphatic rings. The normalized spacial score (nSPS) is 20.1. The van der Waals surface area contributed by atoms with Crippen LogP contribution in [-0.4, -0.2) is 37.5 Å². The maximum atomic E-state index is 13.7. The van der Waals surface area contributed by atoms with Crippen molar-refractivity contribution in [3.63, 3.8) is 0 Å². The van der Waals surface area contributed by atoms with Gasteiger partial charge in [-0.1, -0.05) is 84.7 Å². The lowest BCUT2D eigenvalue weighted by Crippen LogP contribution is -2.47. The standard InChI is InChI=1S/C36H38O4P2/c1-21-19-30(41-5)22(2)17-27(21)32-29-20-31(42-6)23(3)18-28(29)24(4)33(39-35(37)25-13-9-7-10-14-25)34(32)40-36(38)26-15-11-8-12-16-26/h7-20,24,32-34,41-42H,1-6H3/t24?,32?,33-,34?/m1/s1. The average Bonchev–Trinajstić information content (AvgIpc) is 3.01. The number of carbonyl (C=O) groups excluding carboxylic acids is 2. The summed E-state index contributed by atoms with van der Waals surface area (Å²) >= 11 is 0. The first-order valence-corrected chi connectivity index (χ1v) is 17.4. The highest BCUT2D eigenvalue weighted by molar-refractivity contribution is 7.46. The van der Waals surface area contributed by atoms with Gasteiger partial charge in [0.2, 0.25) is 0 Å². The SMILES string of the molecule is CPc1cc(C)c(C2c3cc(PC)c(C)cc3C(C)[C@@H](OC(=O)c3ccccc3)C2OC(=O)c2ccccc2)cc1C. The van der Waals surface area contributed by atoms with Gasteiger partial charge in [0, 0.05) is 5.92 Å². The molecule has 0 saturated heterocycles. The zero-order valence-corrected chi connectivity index (χ0v) is 27.0. The molecule has 0 fully saturated rings. The summed E-state index contributed by atoms with van der Waals surface area (Å²) < 4.78 is 12.8. The molecule has 42 heavy (non-hydrogen) atoms. The highest BCUT2D eigenvalue weighted by Gasteiger charge is 2.47. The Morgan fingerprint density at radius 1 is 0.595 bits per heavy atom. The quantitative estimate of drug-likeness (QED) is 0.168. The van der Waals surface area contributed by atoms with Gasteiger partial charge in [-0.15, -0.1) is 0 Å². The van der Waals surface area contributed by atoms with Gasteiger partial charge in [-0.2, -0.15) is 0 Å². The van der Waals surface area contributed by atoms with Gasteiger partial charge in [0.05, 0.1) is 17.0 Å². The molecule has 5 rings (SSSR count). The maximum absolute atomic E-state index is 13.7. The Kier molecular flexibility index (Phi) is 9.26. The molecular weight excluding hydrogens is 558 g/mol. The van der Waals surface area contributed by atoms with Crippen LogP contribution in [0, 0.1) is 20.8 Å². The van der Waals surface area contributed by atoms with Crippen molar-refractivity contribution < 1.29 is 19.1 Å². The molecule has 6 atom stereocenters. The third-order valence-corrected chi connectivity index (χ3v) is 10.5. The van der Waals surface area contributed by atoms with Crippen LogP contribution in [-0.2, 0) is 9.47 Å². The Morgan fingerprint density at radius 3 is 1.60 bits per heavy atom. The van der Waals surface area contributed by atoms with Gasteiger partial charge in [-0.05, 0) is 102 Å². The number of aryl methyl sites for hydroxylation is 3. The summed E-state index contributed by atoms with van der Waals surface area (Å²) in [6.07, 6.45) is -1.42. The van der Waals surface area contributed by atoms with E-state index in [1.807, 2.05) is 36.4 Å². The fourth-order valence-electron chi connectivity index (χ4n) is 6.13.